The van der Waals surface area contributed by atoms with E-state index in [9.17, 15) is 0 Å². The summed E-state index contributed by atoms with van der Waals surface area (Å²) in [6, 6.07) is 0. The molecule has 0 aliphatic carbocycles. The van der Waals surface area contributed by atoms with Crippen LogP contribution < -0.4 is 0 Å². The number of unbranched alkanes of at least 4 members (excludes halogenated alkanes) is 3. The van der Waals surface area contributed by atoms with Crippen molar-refractivity contribution in [2.75, 3.05) is 0 Å². The van der Waals surface area contributed by atoms with Gasteiger partial charge in [0.25, 0.3) is 0 Å². The van der Waals surface area contributed by atoms with Crippen LogP contribution in [0.4, 0.5) is 0 Å². The average molecular weight is 441 g/mol. The Bertz CT molecular complexity index is 354. The van der Waals surface area contributed by atoms with Gasteiger partial charge in [0.05, 0.1) is 0 Å². The molecule has 0 bridgehead atoms. The van der Waals surface area contributed by atoms with E-state index in [4.69, 9.17) is 11.3 Å². The van der Waals surface area contributed by atoms with Crippen LogP contribution in [0.15, 0.2) is 22.8 Å². The fourth-order valence-electron chi connectivity index (χ4n) is 4.12. The summed E-state index contributed by atoms with van der Waals surface area (Å²) in [4.78, 5) is 0. The van der Waals surface area contributed by atoms with Crippen molar-refractivity contribution in [3.05, 3.63) is 22.8 Å². The first kappa shape index (κ1) is 22.3. The van der Waals surface area contributed by atoms with Gasteiger partial charge in [-0.05, 0) is 0 Å². The van der Waals surface area contributed by atoms with Crippen molar-refractivity contribution in [3.8, 4) is 0 Å². The van der Waals surface area contributed by atoms with Crippen molar-refractivity contribution in [3.63, 3.8) is 0 Å². The van der Waals surface area contributed by atoms with Crippen LogP contribution in [0.2, 0.25) is 13.3 Å². The number of epoxide rings is 1. The van der Waals surface area contributed by atoms with Crippen molar-refractivity contribution in [1.29, 1.82) is 0 Å². The van der Waals surface area contributed by atoms with E-state index in [-0.39, 0.29) is 0 Å². The molecule has 0 saturated carbocycles. The van der Waals surface area contributed by atoms with Crippen molar-refractivity contribution in [2.45, 2.75) is 105 Å². The maximum absolute atomic E-state index is 5.67. The van der Waals surface area contributed by atoms with E-state index in [0.29, 0.717) is 18.1 Å². The van der Waals surface area contributed by atoms with Crippen LogP contribution in [-0.4, -0.2) is 30.6 Å². The summed E-state index contributed by atoms with van der Waals surface area (Å²) in [6.45, 7) is 18.0. The molecule has 1 nitrogen and oxygen atoms in total. The van der Waals surface area contributed by atoms with Gasteiger partial charge in [0.15, 0.2) is 0 Å². The molecule has 0 aromatic heterocycles. The van der Waals surface area contributed by atoms with Crippen molar-refractivity contribution >= 4 is 18.4 Å². The molecule has 1 fully saturated rings. The zero-order valence-electron chi connectivity index (χ0n) is 16.9. The van der Waals surface area contributed by atoms with Gasteiger partial charge in [-0.25, -0.2) is 0 Å². The fraction of sp³-hybridized carbons (Fsp3) is 0.818. The van der Waals surface area contributed by atoms with Crippen molar-refractivity contribution < 1.29 is 4.74 Å². The molecule has 0 unspecified atom stereocenters. The molecule has 1 aliphatic rings. The summed E-state index contributed by atoms with van der Waals surface area (Å²) in [6.07, 6.45) is 13.5. The van der Waals surface area contributed by atoms with Gasteiger partial charge in [-0.2, -0.15) is 0 Å². The van der Waals surface area contributed by atoms with E-state index in [2.05, 4.69) is 34.3 Å². The number of hydrogen-bond acceptors (Lipinski definition) is 1. The Morgan fingerprint density at radius 2 is 1.54 bits per heavy atom. The standard InChI is InChI=1S/C10H15O.3C4H9.Sn/c1-4-6-8(3)7-10-9(5-2)11-10;3*1-3-4-2;/h5,8-10H,1-2,6-7H2,3H3;3*1,3-4H2,2H3;/t8-,9+,10+;;;;/m1..../s1. The average Bonchev–Trinajstić information content (AvgIpc) is 3.32. The summed E-state index contributed by atoms with van der Waals surface area (Å²) in [5, 5.41) is 0. The van der Waals surface area contributed by atoms with Gasteiger partial charge in [-0.1, -0.05) is 0 Å². The molecule has 1 rings (SSSR count). The Labute approximate surface area is 156 Å². The maximum atomic E-state index is 5.67. The van der Waals surface area contributed by atoms with E-state index >= 15 is 0 Å². The predicted octanol–water partition coefficient (Wildman–Crippen LogP) is 7.30. The molecule has 24 heavy (non-hydrogen) atoms. The Kier molecular flexibility index (Phi) is 10.9. The molecular formula is C22H42OSn. The first-order valence-electron chi connectivity index (χ1n) is 10.5. The molecule has 3 atom stereocenters. The second-order valence-electron chi connectivity index (χ2n) is 8.11. The Hall–Kier alpha value is 0.239. The molecule has 2 heteroatoms. The summed E-state index contributed by atoms with van der Waals surface area (Å²) < 4.78 is 12.0. The van der Waals surface area contributed by atoms with Crippen LogP contribution in [0.1, 0.15) is 79.1 Å². The van der Waals surface area contributed by atoms with E-state index in [1.165, 1.54) is 51.4 Å². The minimum atomic E-state index is -2.22. The van der Waals surface area contributed by atoms with Crippen LogP contribution in [0.5, 0.6) is 0 Å². The number of ether oxygens (including phenoxy) is 1. The van der Waals surface area contributed by atoms with E-state index in [1.807, 2.05) is 6.08 Å². The number of rotatable bonds is 15. The molecule has 0 spiro atoms. The molecule has 0 radical (unpaired) electrons. The third kappa shape index (κ3) is 7.23. The topological polar surface area (TPSA) is 12.5 Å². The molecular weight excluding hydrogens is 399 g/mol. The fourth-order valence-corrected chi connectivity index (χ4v) is 20.3. The number of hydrogen-bond donors (Lipinski definition) is 0. The molecule has 0 aromatic carbocycles. The summed E-state index contributed by atoms with van der Waals surface area (Å²) >= 11 is -2.22. The van der Waals surface area contributed by atoms with Crippen LogP contribution in [0.3, 0.4) is 0 Å². The van der Waals surface area contributed by atoms with Gasteiger partial charge in [-0.3, -0.25) is 0 Å². The number of allylic oxidation sites excluding steroid dienone is 1. The SMILES string of the molecule is C=C[C@@H]1O[C@H]1C[C@H](C)C[C](=C)[Sn]([CH2]CCC)([CH2]CCC)[CH2]CCC. The van der Waals surface area contributed by atoms with Crippen LogP contribution >= 0.6 is 0 Å². The molecule has 1 saturated heterocycles. The van der Waals surface area contributed by atoms with Gasteiger partial charge < -0.3 is 0 Å². The Morgan fingerprint density at radius 3 is 1.92 bits per heavy atom. The first-order valence-corrected chi connectivity index (χ1v) is 18.0. The zero-order valence-corrected chi connectivity index (χ0v) is 19.8. The van der Waals surface area contributed by atoms with Crippen LogP contribution in [0, 0.1) is 5.92 Å². The first-order chi connectivity index (χ1) is 11.5. The molecule has 0 N–H and O–H groups in total. The summed E-state index contributed by atoms with van der Waals surface area (Å²) in [5.41, 5.74) is 0. The molecule has 1 aliphatic heterocycles. The third-order valence-corrected chi connectivity index (χ3v) is 21.9. The second-order valence-corrected chi connectivity index (χ2v) is 21.7. The molecule has 0 aromatic rings. The Balaban J connectivity index is 2.69. The Morgan fingerprint density at radius 1 is 1.04 bits per heavy atom. The van der Waals surface area contributed by atoms with Gasteiger partial charge in [0.2, 0.25) is 0 Å². The normalized spacial score (nSPS) is 21.5. The molecule has 140 valence electrons. The second kappa shape index (κ2) is 11.8. The minimum absolute atomic E-state index is 0.328. The predicted molar refractivity (Wildman–Crippen MR) is 111 cm³/mol. The quantitative estimate of drug-likeness (QED) is 0.148. The van der Waals surface area contributed by atoms with Crippen LogP contribution in [0.25, 0.3) is 0 Å². The zero-order chi connectivity index (χ0) is 18.0. The summed E-state index contributed by atoms with van der Waals surface area (Å²) in [5.74, 6) is 0.716. The third-order valence-electron chi connectivity index (χ3n) is 5.86. The van der Waals surface area contributed by atoms with Crippen LogP contribution in [-0.2, 0) is 4.74 Å². The van der Waals surface area contributed by atoms with Gasteiger partial charge >= 0.3 is 156 Å². The van der Waals surface area contributed by atoms with E-state index in [1.54, 1.807) is 16.9 Å². The molecule has 1 heterocycles. The van der Waals surface area contributed by atoms with Crippen molar-refractivity contribution in [2.24, 2.45) is 5.92 Å². The molecule has 0 amide bonds. The summed E-state index contributed by atoms with van der Waals surface area (Å²) in [7, 11) is 0. The monoisotopic (exact) mass is 442 g/mol. The van der Waals surface area contributed by atoms with Gasteiger partial charge in [0.1, 0.15) is 0 Å². The van der Waals surface area contributed by atoms with Crippen molar-refractivity contribution in [1.82, 2.24) is 0 Å². The van der Waals surface area contributed by atoms with E-state index < -0.39 is 18.4 Å². The van der Waals surface area contributed by atoms with Gasteiger partial charge in [0, 0.05) is 0 Å². The van der Waals surface area contributed by atoms with Gasteiger partial charge in [-0.15, -0.1) is 0 Å². The van der Waals surface area contributed by atoms with E-state index in [0.717, 1.165) is 0 Å².